The van der Waals surface area contributed by atoms with Gasteiger partial charge in [-0.2, -0.15) is 5.10 Å². The Bertz CT molecular complexity index is 321. The van der Waals surface area contributed by atoms with Gasteiger partial charge in [0.25, 0.3) is 0 Å². The second kappa shape index (κ2) is 5.46. The van der Waals surface area contributed by atoms with Gasteiger partial charge in [0.05, 0.1) is 6.20 Å². The highest BCUT2D eigenvalue weighted by atomic mass is 15.3. The number of hydrogen-bond donors (Lipinski definition) is 1. The molecule has 0 bridgehead atoms. The van der Waals surface area contributed by atoms with Crippen LogP contribution in [0, 0.1) is 0 Å². The Kier molecular flexibility index (Phi) is 3.96. The normalized spacial score (nSPS) is 21.8. The fourth-order valence-electron chi connectivity index (χ4n) is 2.47. The fourth-order valence-corrected chi connectivity index (χ4v) is 2.47. The molecular weight excluding hydrogens is 200 g/mol. The van der Waals surface area contributed by atoms with Crippen LogP contribution in [-0.2, 0) is 13.1 Å². The Morgan fingerprint density at radius 2 is 2.44 bits per heavy atom. The fraction of sp³-hybridized carbons (Fsp3) is 0.750. The molecule has 1 N–H and O–H groups in total. The van der Waals surface area contributed by atoms with Crippen molar-refractivity contribution in [1.82, 2.24) is 20.0 Å². The number of nitrogens with one attached hydrogen (secondary N) is 1. The number of likely N-dealkylation sites (tertiary alicyclic amines) is 1. The lowest BCUT2D eigenvalue weighted by molar-refractivity contribution is 0.242. The van der Waals surface area contributed by atoms with E-state index in [9.17, 15) is 0 Å². The molecule has 0 aromatic carbocycles. The van der Waals surface area contributed by atoms with E-state index in [1.54, 1.807) is 0 Å². The third-order valence-electron chi connectivity index (χ3n) is 3.34. The van der Waals surface area contributed by atoms with Crippen LogP contribution in [0.3, 0.4) is 0 Å². The van der Waals surface area contributed by atoms with E-state index in [0.29, 0.717) is 6.04 Å². The largest absolute Gasteiger partial charge is 0.318 e. The summed E-state index contributed by atoms with van der Waals surface area (Å²) in [6.07, 6.45) is 6.81. The van der Waals surface area contributed by atoms with Crippen molar-refractivity contribution in [3.63, 3.8) is 0 Å². The number of likely N-dealkylation sites (N-methyl/N-ethyl adjacent to an activating group) is 1. The SMILES string of the molecule is CCn1cc(CN2CCCC2CNC)cn1. The average molecular weight is 222 g/mol. The van der Waals surface area contributed by atoms with Crippen molar-refractivity contribution in [2.45, 2.75) is 38.9 Å². The van der Waals surface area contributed by atoms with Gasteiger partial charge in [0.1, 0.15) is 0 Å². The van der Waals surface area contributed by atoms with Gasteiger partial charge in [-0.25, -0.2) is 0 Å². The van der Waals surface area contributed by atoms with Crippen LogP contribution in [0.25, 0.3) is 0 Å². The molecule has 4 nitrogen and oxygen atoms in total. The molecular formula is C12H22N4. The van der Waals surface area contributed by atoms with Crippen LogP contribution in [0.2, 0.25) is 0 Å². The van der Waals surface area contributed by atoms with Gasteiger partial charge in [-0.1, -0.05) is 0 Å². The minimum absolute atomic E-state index is 0.704. The van der Waals surface area contributed by atoms with Gasteiger partial charge in [0.2, 0.25) is 0 Å². The van der Waals surface area contributed by atoms with Crippen LogP contribution in [-0.4, -0.2) is 40.9 Å². The Labute approximate surface area is 97.6 Å². The molecule has 1 aromatic heterocycles. The van der Waals surface area contributed by atoms with Crippen molar-refractivity contribution in [3.05, 3.63) is 18.0 Å². The van der Waals surface area contributed by atoms with Crippen molar-refractivity contribution in [3.8, 4) is 0 Å². The lowest BCUT2D eigenvalue weighted by atomic mass is 10.2. The highest BCUT2D eigenvalue weighted by Crippen LogP contribution is 2.19. The Morgan fingerprint density at radius 3 is 3.12 bits per heavy atom. The lowest BCUT2D eigenvalue weighted by Crippen LogP contribution is -2.36. The molecule has 4 heteroatoms. The van der Waals surface area contributed by atoms with E-state index in [-0.39, 0.29) is 0 Å². The molecule has 90 valence electrons. The number of rotatable bonds is 5. The highest BCUT2D eigenvalue weighted by molar-refractivity contribution is 5.04. The summed E-state index contributed by atoms with van der Waals surface area (Å²) in [7, 11) is 2.03. The number of aromatic nitrogens is 2. The molecule has 0 spiro atoms. The quantitative estimate of drug-likeness (QED) is 0.809. The maximum absolute atomic E-state index is 4.32. The van der Waals surface area contributed by atoms with E-state index < -0.39 is 0 Å². The molecule has 0 saturated carbocycles. The molecule has 1 aliphatic heterocycles. The first-order chi connectivity index (χ1) is 7.83. The molecule has 1 atom stereocenters. The first kappa shape index (κ1) is 11.6. The van der Waals surface area contributed by atoms with Crippen LogP contribution in [0.15, 0.2) is 12.4 Å². The summed E-state index contributed by atoms with van der Waals surface area (Å²) < 4.78 is 2.00. The van der Waals surface area contributed by atoms with Crippen LogP contribution in [0.4, 0.5) is 0 Å². The maximum Gasteiger partial charge on any atom is 0.0534 e. The second-order valence-corrected chi connectivity index (χ2v) is 4.53. The zero-order valence-electron chi connectivity index (χ0n) is 10.3. The highest BCUT2D eigenvalue weighted by Gasteiger charge is 2.23. The molecule has 1 fully saturated rings. The molecule has 1 aromatic rings. The van der Waals surface area contributed by atoms with E-state index in [1.165, 1.54) is 24.9 Å². The van der Waals surface area contributed by atoms with Crippen LogP contribution >= 0.6 is 0 Å². The molecule has 2 rings (SSSR count). The van der Waals surface area contributed by atoms with Gasteiger partial charge in [-0.3, -0.25) is 9.58 Å². The summed E-state index contributed by atoms with van der Waals surface area (Å²) in [5.74, 6) is 0. The topological polar surface area (TPSA) is 33.1 Å². The first-order valence-electron chi connectivity index (χ1n) is 6.23. The van der Waals surface area contributed by atoms with Crippen molar-refractivity contribution in [2.24, 2.45) is 0 Å². The predicted molar refractivity (Wildman–Crippen MR) is 65.3 cm³/mol. The first-order valence-corrected chi connectivity index (χ1v) is 6.23. The number of aryl methyl sites for hydroxylation is 1. The standard InChI is InChI=1S/C12H22N4/c1-3-16-10-11(7-14-16)9-15-6-4-5-12(15)8-13-2/h7,10,12-13H,3-6,8-9H2,1-2H3. The average Bonchev–Trinajstić information content (AvgIpc) is 2.90. The van der Waals surface area contributed by atoms with Gasteiger partial charge in [-0.05, 0) is 33.4 Å². The van der Waals surface area contributed by atoms with E-state index in [0.717, 1.165) is 19.6 Å². The Balaban J connectivity index is 1.92. The summed E-state index contributed by atoms with van der Waals surface area (Å²) in [5, 5.41) is 7.60. The molecule has 1 saturated heterocycles. The van der Waals surface area contributed by atoms with Crippen molar-refractivity contribution >= 4 is 0 Å². The monoisotopic (exact) mass is 222 g/mol. The van der Waals surface area contributed by atoms with Crippen LogP contribution < -0.4 is 5.32 Å². The maximum atomic E-state index is 4.32. The number of hydrogen-bond acceptors (Lipinski definition) is 3. The zero-order valence-corrected chi connectivity index (χ0v) is 10.3. The molecule has 1 aliphatic rings. The minimum atomic E-state index is 0.704. The summed E-state index contributed by atoms with van der Waals surface area (Å²) in [4.78, 5) is 2.56. The molecule has 1 unspecified atom stereocenters. The third kappa shape index (κ3) is 2.62. The molecule has 0 radical (unpaired) electrons. The zero-order chi connectivity index (χ0) is 11.4. The summed E-state index contributed by atoms with van der Waals surface area (Å²) in [6, 6.07) is 0.704. The lowest BCUT2D eigenvalue weighted by Gasteiger charge is -2.23. The van der Waals surface area contributed by atoms with Crippen LogP contribution in [0.5, 0.6) is 0 Å². The summed E-state index contributed by atoms with van der Waals surface area (Å²) >= 11 is 0. The van der Waals surface area contributed by atoms with Gasteiger partial charge in [-0.15, -0.1) is 0 Å². The summed E-state index contributed by atoms with van der Waals surface area (Å²) in [6.45, 7) is 6.45. The van der Waals surface area contributed by atoms with E-state index in [2.05, 4.69) is 28.4 Å². The number of nitrogens with zero attached hydrogens (tertiary/aromatic N) is 3. The second-order valence-electron chi connectivity index (χ2n) is 4.53. The molecule has 0 aliphatic carbocycles. The molecule has 0 amide bonds. The minimum Gasteiger partial charge on any atom is -0.318 e. The Morgan fingerprint density at radius 1 is 1.56 bits per heavy atom. The van der Waals surface area contributed by atoms with Crippen molar-refractivity contribution < 1.29 is 0 Å². The van der Waals surface area contributed by atoms with Gasteiger partial charge in [0.15, 0.2) is 0 Å². The van der Waals surface area contributed by atoms with Crippen molar-refractivity contribution in [1.29, 1.82) is 0 Å². The van der Waals surface area contributed by atoms with Gasteiger partial charge in [0, 0.05) is 37.4 Å². The molecule has 16 heavy (non-hydrogen) atoms. The van der Waals surface area contributed by atoms with E-state index in [4.69, 9.17) is 0 Å². The molecule has 2 heterocycles. The Hall–Kier alpha value is -0.870. The smallest absolute Gasteiger partial charge is 0.0534 e. The predicted octanol–water partition coefficient (Wildman–Crippen LogP) is 1.09. The summed E-state index contributed by atoms with van der Waals surface area (Å²) in [5.41, 5.74) is 1.34. The van der Waals surface area contributed by atoms with Gasteiger partial charge >= 0.3 is 0 Å². The van der Waals surface area contributed by atoms with E-state index in [1.807, 2.05) is 17.9 Å². The van der Waals surface area contributed by atoms with Gasteiger partial charge < -0.3 is 5.32 Å². The van der Waals surface area contributed by atoms with Crippen LogP contribution in [0.1, 0.15) is 25.3 Å². The van der Waals surface area contributed by atoms with E-state index >= 15 is 0 Å². The van der Waals surface area contributed by atoms with Crippen molar-refractivity contribution in [2.75, 3.05) is 20.1 Å². The third-order valence-corrected chi connectivity index (χ3v) is 3.34.